The fourth-order valence-corrected chi connectivity index (χ4v) is 1.77. The highest BCUT2D eigenvalue weighted by Gasteiger charge is 2.29. The second-order valence-electron chi connectivity index (χ2n) is 1.56. The third kappa shape index (κ3) is 1.31. The maximum absolute atomic E-state index is 5.01. The van der Waals surface area contributed by atoms with Crippen molar-refractivity contribution < 1.29 is 4.74 Å². The van der Waals surface area contributed by atoms with E-state index in [4.69, 9.17) is 4.74 Å². The van der Waals surface area contributed by atoms with E-state index in [9.17, 15) is 0 Å². The minimum absolute atomic E-state index is 0.403. The van der Waals surface area contributed by atoms with Crippen LogP contribution in [0.1, 0.15) is 0 Å². The SMILES string of the molecule is COC1(S)NCCS1. The molecule has 0 aromatic rings. The molecule has 1 atom stereocenters. The highest BCUT2D eigenvalue weighted by Crippen LogP contribution is 2.30. The van der Waals surface area contributed by atoms with E-state index in [2.05, 4.69) is 17.9 Å². The van der Waals surface area contributed by atoms with Crippen LogP contribution in [0.15, 0.2) is 0 Å². The molecule has 0 amide bonds. The Bertz CT molecular complexity index is 82.1. The van der Waals surface area contributed by atoms with Gasteiger partial charge in [-0.05, 0) is 0 Å². The van der Waals surface area contributed by atoms with Crippen molar-refractivity contribution in [3.8, 4) is 0 Å². The van der Waals surface area contributed by atoms with E-state index in [-0.39, 0.29) is 0 Å². The van der Waals surface area contributed by atoms with Crippen LogP contribution >= 0.6 is 24.4 Å². The first kappa shape index (κ1) is 6.74. The lowest BCUT2D eigenvalue weighted by molar-refractivity contribution is 0.127. The van der Waals surface area contributed by atoms with Crippen LogP contribution in [-0.2, 0) is 4.74 Å². The number of hydrogen-bond acceptors (Lipinski definition) is 4. The van der Waals surface area contributed by atoms with E-state index in [0.29, 0.717) is 0 Å². The van der Waals surface area contributed by atoms with Crippen molar-refractivity contribution in [3.63, 3.8) is 0 Å². The Hall–Kier alpha value is 0.620. The standard InChI is InChI=1S/C4H9NOS2/c1-6-4(7)5-2-3-8-4/h5,7H,2-3H2,1H3. The first-order chi connectivity index (χ1) is 3.77. The van der Waals surface area contributed by atoms with Crippen LogP contribution in [0, 0.1) is 0 Å². The van der Waals surface area contributed by atoms with E-state index >= 15 is 0 Å². The fraction of sp³-hybridized carbons (Fsp3) is 1.00. The van der Waals surface area contributed by atoms with Gasteiger partial charge in [0, 0.05) is 19.4 Å². The largest absolute Gasteiger partial charge is 0.346 e. The van der Waals surface area contributed by atoms with Crippen molar-refractivity contribution in [1.82, 2.24) is 5.32 Å². The topological polar surface area (TPSA) is 21.3 Å². The molecule has 1 aliphatic heterocycles. The van der Waals surface area contributed by atoms with Gasteiger partial charge in [-0.1, -0.05) is 11.8 Å². The average molecular weight is 151 g/mol. The first-order valence-electron chi connectivity index (χ1n) is 2.43. The number of nitrogens with one attached hydrogen (secondary N) is 1. The molecule has 0 saturated carbocycles. The van der Waals surface area contributed by atoms with E-state index < -0.39 is 4.39 Å². The van der Waals surface area contributed by atoms with E-state index in [1.54, 1.807) is 18.9 Å². The van der Waals surface area contributed by atoms with Gasteiger partial charge in [-0.15, -0.1) is 12.6 Å². The molecule has 48 valence electrons. The van der Waals surface area contributed by atoms with Gasteiger partial charge in [-0.25, -0.2) is 0 Å². The van der Waals surface area contributed by atoms with Gasteiger partial charge in [0.1, 0.15) is 0 Å². The Balaban J connectivity index is 2.40. The number of thioether (sulfide) groups is 1. The Labute approximate surface area is 58.8 Å². The maximum Gasteiger partial charge on any atom is 0.213 e. The zero-order chi connectivity index (χ0) is 6.04. The van der Waals surface area contributed by atoms with Crippen LogP contribution in [0.5, 0.6) is 0 Å². The molecule has 1 rings (SSSR count). The summed E-state index contributed by atoms with van der Waals surface area (Å²) in [7, 11) is 1.65. The second-order valence-corrected chi connectivity index (χ2v) is 3.77. The third-order valence-corrected chi connectivity index (χ3v) is 2.86. The number of rotatable bonds is 1. The van der Waals surface area contributed by atoms with Gasteiger partial charge in [-0.3, -0.25) is 5.32 Å². The summed E-state index contributed by atoms with van der Waals surface area (Å²) in [5.41, 5.74) is 0. The summed E-state index contributed by atoms with van der Waals surface area (Å²) < 4.78 is 4.61. The zero-order valence-corrected chi connectivity index (χ0v) is 6.39. The molecule has 0 aliphatic carbocycles. The lowest BCUT2D eigenvalue weighted by Gasteiger charge is -2.18. The minimum Gasteiger partial charge on any atom is -0.346 e. The normalized spacial score (nSPS) is 38.2. The molecule has 0 aromatic heterocycles. The van der Waals surface area contributed by atoms with Crippen molar-refractivity contribution in [1.29, 1.82) is 0 Å². The fourth-order valence-electron chi connectivity index (χ4n) is 0.580. The quantitative estimate of drug-likeness (QED) is 0.421. The lowest BCUT2D eigenvalue weighted by atomic mass is 10.8. The number of methoxy groups -OCH3 is 1. The molecular formula is C4H9NOS2. The Morgan fingerprint density at radius 2 is 2.62 bits per heavy atom. The molecule has 0 spiro atoms. The van der Waals surface area contributed by atoms with Crippen LogP contribution < -0.4 is 5.32 Å². The van der Waals surface area contributed by atoms with Crippen LogP contribution in [0.3, 0.4) is 0 Å². The van der Waals surface area contributed by atoms with E-state index in [1.807, 2.05) is 0 Å². The van der Waals surface area contributed by atoms with E-state index in [0.717, 1.165) is 12.3 Å². The molecular weight excluding hydrogens is 142 g/mol. The van der Waals surface area contributed by atoms with Gasteiger partial charge in [0.2, 0.25) is 4.39 Å². The van der Waals surface area contributed by atoms with E-state index in [1.165, 1.54) is 0 Å². The Morgan fingerprint density at radius 1 is 1.88 bits per heavy atom. The smallest absolute Gasteiger partial charge is 0.213 e. The summed E-state index contributed by atoms with van der Waals surface area (Å²) >= 11 is 5.89. The predicted octanol–water partition coefficient (Wildman–Crippen LogP) is 0.510. The molecule has 1 aliphatic rings. The van der Waals surface area contributed by atoms with Crippen molar-refractivity contribution in [2.75, 3.05) is 19.4 Å². The Kier molecular flexibility index (Phi) is 2.08. The molecule has 0 radical (unpaired) electrons. The predicted molar refractivity (Wildman–Crippen MR) is 39.2 cm³/mol. The molecule has 1 fully saturated rings. The first-order valence-corrected chi connectivity index (χ1v) is 3.87. The molecule has 1 heterocycles. The summed E-state index contributed by atoms with van der Waals surface area (Å²) in [5, 5.41) is 3.09. The summed E-state index contributed by atoms with van der Waals surface area (Å²) in [5.74, 6) is 1.08. The van der Waals surface area contributed by atoms with Gasteiger partial charge in [0.05, 0.1) is 0 Å². The number of hydrogen-bond donors (Lipinski definition) is 2. The van der Waals surface area contributed by atoms with Gasteiger partial charge < -0.3 is 4.74 Å². The van der Waals surface area contributed by atoms with Gasteiger partial charge in [0.25, 0.3) is 0 Å². The van der Waals surface area contributed by atoms with Crippen LogP contribution in [-0.4, -0.2) is 23.8 Å². The molecule has 1 saturated heterocycles. The van der Waals surface area contributed by atoms with Crippen molar-refractivity contribution in [2.24, 2.45) is 0 Å². The highest BCUT2D eigenvalue weighted by atomic mass is 32.2. The summed E-state index contributed by atoms with van der Waals surface area (Å²) in [4.78, 5) is 0. The van der Waals surface area contributed by atoms with Gasteiger partial charge in [0.15, 0.2) is 0 Å². The van der Waals surface area contributed by atoms with Crippen molar-refractivity contribution >= 4 is 24.4 Å². The molecule has 0 bridgehead atoms. The molecule has 1 N–H and O–H groups in total. The minimum atomic E-state index is -0.403. The van der Waals surface area contributed by atoms with Crippen LogP contribution in [0.2, 0.25) is 0 Å². The average Bonchev–Trinajstić information content (AvgIpc) is 2.17. The van der Waals surface area contributed by atoms with Gasteiger partial charge >= 0.3 is 0 Å². The summed E-state index contributed by atoms with van der Waals surface area (Å²) in [6, 6.07) is 0. The van der Waals surface area contributed by atoms with Gasteiger partial charge in [-0.2, -0.15) is 0 Å². The molecule has 0 aromatic carbocycles. The Morgan fingerprint density at radius 3 is 2.88 bits per heavy atom. The van der Waals surface area contributed by atoms with Crippen molar-refractivity contribution in [3.05, 3.63) is 0 Å². The monoisotopic (exact) mass is 151 g/mol. The molecule has 8 heavy (non-hydrogen) atoms. The van der Waals surface area contributed by atoms with Crippen molar-refractivity contribution in [2.45, 2.75) is 4.39 Å². The second kappa shape index (κ2) is 2.47. The maximum atomic E-state index is 5.01. The molecule has 1 unspecified atom stereocenters. The lowest BCUT2D eigenvalue weighted by Crippen LogP contribution is -2.32. The van der Waals surface area contributed by atoms with Crippen LogP contribution in [0.25, 0.3) is 0 Å². The number of ether oxygens (including phenoxy) is 1. The molecule has 4 heteroatoms. The van der Waals surface area contributed by atoms with Crippen LogP contribution in [0.4, 0.5) is 0 Å². The number of thiol groups is 1. The zero-order valence-electron chi connectivity index (χ0n) is 4.68. The molecule has 2 nitrogen and oxygen atoms in total. The highest BCUT2D eigenvalue weighted by molar-refractivity contribution is 8.11. The third-order valence-electron chi connectivity index (χ3n) is 1.02. The summed E-state index contributed by atoms with van der Waals surface area (Å²) in [6.07, 6.45) is 0. The summed E-state index contributed by atoms with van der Waals surface area (Å²) in [6.45, 7) is 0.988.